The maximum atomic E-state index is 12.9. The van der Waals surface area contributed by atoms with E-state index in [-0.39, 0.29) is 41.6 Å². The molecule has 1 aromatic carbocycles. The Labute approximate surface area is 155 Å². The highest BCUT2D eigenvalue weighted by Crippen LogP contribution is 2.29. The van der Waals surface area contributed by atoms with Gasteiger partial charge in [0.25, 0.3) is 18.2 Å². The minimum atomic E-state index is -2.90. The van der Waals surface area contributed by atoms with Gasteiger partial charge in [-0.1, -0.05) is 18.2 Å². The van der Waals surface area contributed by atoms with E-state index in [9.17, 15) is 22.4 Å². The number of nitrogens with zero attached hydrogens (tertiary/aromatic N) is 4. The third-order valence-corrected chi connectivity index (χ3v) is 4.28. The quantitative estimate of drug-likeness (QED) is 0.610. The molecule has 10 heteroatoms. The van der Waals surface area contributed by atoms with Crippen LogP contribution in [0.15, 0.2) is 40.9 Å². The molecule has 6 nitrogen and oxygen atoms in total. The van der Waals surface area contributed by atoms with E-state index in [0.29, 0.717) is 11.3 Å². The molecule has 3 heterocycles. The van der Waals surface area contributed by atoms with Crippen molar-refractivity contribution < 1.29 is 26.8 Å². The Balaban J connectivity index is 1.56. The van der Waals surface area contributed by atoms with E-state index < -0.39 is 18.7 Å². The first-order chi connectivity index (χ1) is 13.4. The molecule has 0 aliphatic carbocycles. The molecule has 4 rings (SSSR count). The van der Waals surface area contributed by atoms with Gasteiger partial charge in [-0.25, -0.2) is 8.78 Å². The molecular formula is C18H12F4N4O2. The van der Waals surface area contributed by atoms with Gasteiger partial charge in [-0.15, -0.1) is 10.2 Å². The summed E-state index contributed by atoms with van der Waals surface area (Å²) in [6.07, 6.45) is -4.14. The summed E-state index contributed by atoms with van der Waals surface area (Å²) >= 11 is 0. The lowest BCUT2D eigenvalue weighted by molar-refractivity contribution is 0.0766. The van der Waals surface area contributed by atoms with Crippen LogP contribution in [0.25, 0.3) is 11.5 Å². The van der Waals surface area contributed by atoms with Gasteiger partial charge in [0.15, 0.2) is 0 Å². The van der Waals surface area contributed by atoms with Crippen LogP contribution in [-0.4, -0.2) is 26.0 Å². The number of rotatable bonds is 5. The summed E-state index contributed by atoms with van der Waals surface area (Å²) in [5, 5.41) is 6.79. The Hall–Kier alpha value is -3.30. The Morgan fingerprint density at radius 1 is 1.11 bits per heavy atom. The van der Waals surface area contributed by atoms with Crippen molar-refractivity contribution in [1.82, 2.24) is 20.1 Å². The average molecular weight is 392 g/mol. The largest absolute Gasteiger partial charge is 0.415 e. The summed E-state index contributed by atoms with van der Waals surface area (Å²) in [5.41, 5.74) is 1.46. The van der Waals surface area contributed by atoms with Gasteiger partial charge in [-0.2, -0.15) is 8.78 Å². The predicted octanol–water partition coefficient (Wildman–Crippen LogP) is 4.16. The summed E-state index contributed by atoms with van der Waals surface area (Å²) in [6, 6.07) is 7.29. The SMILES string of the molecule is O=C1c2cc(-c3nnc(C(F)F)o3)cnc2CN1Cc1cccc(C(F)F)c1. The molecule has 1 aliphatic heterocycles. The fourth-order valence-corrected chi connectivity index (χ4v) is 2.96. The number of carbonyl (C=O) groups excluding carboxylic acids is 1. The van der Waals surface area contributed by atoms with Gasteiger partial charge in [0, 0.05) is 18.3 Å². The summed E-state index contributed by atoms with van der Waals surface area (Å²) in [4.78, 5) is 18.3. The highest BCUT2D eigenvalue weighted by atomic mass is 19.3. The molecule has 0 radical (unpaired) electrons. The molecule has 0 saturated carbocycles. The zero-order chi connectivity index (χ0) is 19.8. The Morgan fingerprint density at radius 2 is 1.93 bits per heavy atom. The lowest BCUT2D eigenvalue weighted by Gasteiger charge is -2.15. The summed E-state index contributed by atoms with van der Waals surface area (Å²) in [6.45, 7) is 0.348. The van der Waals surface area contributed by atoms with Crippen LogP contribution in [0.1, 0.15) is 45.9 Å². The molecule has 0 atom stereocenters. The number of alkyl halides is 4. The van der Waals surface area contributed by atoms with Crippen molar-refractivity contribution in [3.8, 4) is 11.5 Å². The van der Waals surface area contributed by atoms with Gasteiger partial charge >= 0.3 is 6.43 Å². The number of pyridine rings is 1. The number of halogens is 4. The summed E-state index contributed by atoms with van der Waals surface area (Å²) in [5.74, 6) is -1.33. The van der Waals surface area contributed by atoms with Gasteiger partial charge in [-0.05, 0) is 17.7 Å². The minimum Gasteiger partial charge on any atom is -0.415 e. The van der Waals surface area contributed by atoms with Crippen molar-refractivity contribution in [3.63, 3.8) is 0 Å². The van der Waals surface area contributed by atoms with Crippen LogP contribution >= 0.6 is 0 Å². The van der Waals surface area contributed by atoms with Crippen LogP contribution in [0.3, 0.4) is 0 Å². The highest BCUT2D eigenvalue weighted by Gasteiger charge is 2.30. The van der Waals surface area contributed by atoms with E-state index in [1.54, 1.807) is 6.07 Å². The average Bonchev–Trinajstić information content (AvgIpc) is 3.28. The first-order valence-corrected chi connectivity index (χ1v) is 8.19. The van der Waals surface area contributed by atoms with Crippen LogP contribution < -0.4 is 0 Å². The van der Waals surface area contributed by atoms with Gasteiger partial charge in [0.2, 0.25) is 5.89 Å². The topological polar surface area (TPSA) is 72.1 Å². The summed E-state index contributed by atoms with van der Waals surface area (Å²) in [7, 11) is 0. The first-order valence-electron chi connectivity index (χ1n) is 8.19. The molecule has 144 valence electrons. The van der Waals surface area contributed by atoms with Crippen LogP contribution in [0.2, 0.25) is 0 Å². The van der Waals surface area contributed by atoms with Crippen LogP contribution in [0, 0.1) is 0 Å². The third-order valence-electron chi connectivity index (χ3n) is 4.28. The molecule has 1 amide bonds. The molecule has 2 aromatic heterocycles. The Bertz CT molecular complexity index is 1040. The highest BCUT2D eigenvalue weighted by molar-refractivity contribution is 5.98. The van der Waals surface area contributed by atoms with E-state index in [1.165, 1.54) is 35.4 Å². The molecule has 0 unspecified atom stereocenters. The molecule has 0 fully saturated rings. The molecular weight excluding hydrogens is 380 g/mol. The minimum absolute atomic E-state index is 0.117. The molecule has 0 saturated heterocycles. The van der Waals surface area contributed by atoms with Crippen molar-refractivity contribution in [2.45, 2.75) is 25.9 Å². The third kappa shape index (κ3) is 3.32. The van der Waals surface area contributed by atoms with Crippen molar-refractivity contribution in [3.05, 3.63) is 64.8 Å². The van der Waals surface area contributed by atoms with Crippen molar-refractivity contribution in [1.29, 1.82) is 0 Å². The van der Waals surface area contributed by atoms with E-state index in [4.69, 9.17) is 4.42 Å². The second-order valence-electron chi connectivity index (χ2n) is 6.17. The normalized spacial score (nSPS) is 13.6. The van der Waals surface area contributed by atoms with Gasteiger partial charge < -0.3 is 9.32 Å². The zero-order valence-electron chi connectivity index (χ0n) is 14.2. The number of benzene rings is 1. The van der Waals surface area contributed by atoms with Crippen molar-refractivity contribution >= 4 is 5.91 Å². The van der Waals surface area contributed by atoms with Gasteiger partial charge in [-0.3, -0.25) is 9.78 Å². The molecule has 0 spiro atoms. The van der Waals surface area contributed by atoms with Crippen LogP contribution in [0.5, 0.6) is 0 Å². The monoisotopic (exact) mass is 392 g/mol. The molecule has 0 bridgehead atoms. The maximum absolute atomic E-state index is 12.9. The van der Waals surface area contributed by atoms with Crippen molar-refractivity contribution in [2.24, 2.45) is 0 Å². The lowest BCUT2D eigenvalue weighted by atomic mass is 10.1. The Kier molecular flexibility index (Phi) is 4.54. The second kappa shape index (κ2) is 7.02. The van der Waals surface area contributed by atoms with E-state index in [2.05, 4.69) is 15.2 Å². The van der Waals surface area contributed by atoms with Gasteiger partial charge in [0.1, 0.15) is 0 Å². The number of hydrogen-bond donors (Lipinski definition) is 0. The molecule has 3 aromatic rings. The second-order valence-corrected chi connectivity index (χ2v) is 6.17. The van der Waals surface area contributed by atoms with E-state index >= 15 is 0 Å². The zero-order valence-corrected chi connectivity index (χ0v) is 14.2. The standard InChI is InChI=1S/C18H12F4N4O2/c19-14(20)10-3-1-2-9(4-10)7-26-8-13-12(18(26)27)5-11(6-23-13)16-24-25-17(28-16)15(21)22/h1-6,14-15H,7-8H2. The number of fused-ring (bicyclic) bond motifs is 1. The van der Waals surface area contributed by atoms with E-state index in [0.717, 1.165) is 0 Å². The van der Waals surface area contributed by atoms with E-state index in [1.807, 2.05) is 0 Å². The van der Waals surface area contributed by atoms with Crippen LogP contribution in [0.4, 0.5) is 17.6 Å². The van der Waals surface area contributed by atoms with Gasteiger partial charge in [0.05, 0.1) is 23.4 Å². The number of carbonyl (C=O) groups is 1. The lowest BCUT2D eigenvalue weighted by Crippen LogP contribution is -2.23. The number of hydrogen-bond acceptors (Lipinski definition) is 5. The molecule has 0 N–H and O–H groups in total. The smallest absolute Gasteiger partial charge is 0.314 e. The first kappa shape index (κ1) is 18.1. The number of aromatic nitrogens is 3. The van der Waals surface area contributed by atoms with Crippen molar-refractivity contribution in [2.75, 3.05) is 0 Å². The van der Waals surface area contributed by atoms with Crippen LogP contribution in [-0.2, 0) is 13.1 Å². The Morgan fingerprint density at radius 3 is 2.64 bits per heavy atom. The maximum Gasteiger partial charge on any atom is 0.314 e. The fourth-order valence-electron chi connectivity index (χ4n) is 2.96. The fraction of sp³-hybridized carbons (Fsp3) is 0.222. The number of amides is 1. The summed E-state index contributed by atoms with van der Waals surface area (Å²) < 4.78 is 55.8. The predicted molar refractivity (Wildman–Crippen MR) is 87.5 cm³/mol. The molecule has 28 heavy (non-hydrogen) atoms. The molecule has 1 aliphatic rings.